The van der Waals surface area contributed by atoms with Crippen LogP contribution >= 0.6 is 0 Å². The highest BCUT2D eigenvalue weighted by Gasteiger charge is 2.21. The van der Waals surface area contributed by atoms with Gasteiger partial charge in [-0.05, 0) is 60.7 Å². The summed E-state index contributed by atoms with van der Waals surface area (Å²) in [4.78, 5) is 19.3. The third-order valence-corrected chi connectivity index (χ3v) is 9.01. The first-order valence-corrected chi connectivity index (χ1v) is 15.3. The van der Waals surface area contributed by atoms with E-state index >= 15 is 0 Å². The molecule has 0 aliphatic heterocycles. The molecule has 0 radical (unpaired) electrons. The molecule has 0 amide bonds. The molecular formula is C40H24N6. The molecule has 0 unspecified atom stereocenters. The average Bonchev–Trinajstić information content (AvgIpc) is 3.64. The van der Waals surface area contributed by atoms with Crippen molar-refractivity contribution in [1.82, 2.24) is 29.1 Å². The standard InChI is InChI=1S/C40H24N6/c1-7-15-34-27(9-1)39-36(45(34)26-19-17-25(18-20-26)33-23-41-29-11-3-5-13-31(29)43-33)21-22-37-40(39)28-10-2-8-16-35(28)46(37)38-24-42-30-12-4-6-14-32(30)44-38/h1-24H. The molecule has 0 aliphatic rings. The van der Waals surface area contributed by atoms with Gasteiger partial charge < -0.3 is 4.57 Å². The topological polar surface area (TPSA) is 61.4 Å². The lowest BCUT2D eigenvalue weighted by molar-refractivity contribution is 1.07. The molecule has 46 heavy (non-hydrogen) atoms. The second-order valence-corrected chi connectivity index (χ2v) is 11.6. The maximum Gasteiger partial charge on any atom is 0.156 e. The van der Waals surface area contributed by atoms with Crippen LogP contribution in [-0.4, -0.2) is 29.1 Å². The van der Waals surface area contributed by atoms with Crippen molar-refractivity contribution in [2.24, 2.45) is 0 Å². The molecule has 0 N–H and O–H groups in total. The molecule has 0 bridgehead atoms. The van der Waals surface area contributed by atoms with Crippen LogP contribution in [0.15, 0.2) is 146 Å². The first-order chi connectivity index (χ1) is 22.8. The van der Waals surface area contributed by atoms with Gasteiger partial charge in [0.15, 0.2) is 5.82 Å². The second kappa shape index (κ2) is 9.55. The molecule has 6 aromatic carbocycles. The smallest absolute Gasteiger partial charge is 0.156 e. The number of nitrogens with zero attached hydrogens (tertiary/aromatic N) is 6. The van der Waals surface area contributed by atoms with E-state index in [-0.39, 0.29) is 0 Å². The van der Waals surface area contributed by atoms with Gasteiger partial charge in [-0.15, -0.1) is 0 Å². The highest BCUT2D eigenvalue weighted by Crippen LogP contribution is 2.42. The van der Waals surface area contributed by atoms with E-state index in [1.54, 1.807) is 0 Å². The lowest BCUT2D eigenvalue weighted by Crippen LogP contribution is -1.99. The van der Waals surface area contributed by atoms with Crippen LogP contribution in [-0.2, 0) is 0 Å². The molecule has 6 nitrogen and oxygen atoms in total. The highest BCUT2D eigenvalue weighted by atomic mass is 15.1. The van der Waals surface area contributed by atoms with Crippen LogP contribution in [0.1, 0.15) is 0 Å². The molecule has 0 spiro atoms. The summed E-state index contributed by atoms with van der Waals surface area (Å²) in [6, 6.07) is 46.4. The Bertz CT molecular complexity index is 2810. The maximum absolute atomic E-state index is 5.05. The predicted octanol–water partition coefficient (Wildman–Crippen LogP) is 9.43. The van der Waals surface area contributed by atoms with Gasteiger partial charge in [-0.2, -0.15) is 0 Å². The van der Waals surface area contributed by atoms with Gasteiger partial charge >= 0.3 is 0 Å². The van der Waals surface area contributed by atoms with E-state index in [1.807, 2.05) is 60.9 Å². The van der Waals surface area contributed by atoms with Crippen molar-refractivity contribution in [2.75, 3.05) is 0 Å². The molecule has 10 rings (SSSR count). The Balaban J connectivity index is 1.21. The number of rotatable bonds is 3. The Labute approximate surface area is 262 Å². The molecule has 4 heterocycles. The van der Waals surface area contributed by atoms with E-state index in [1.165, 1.54) is 21.5 Å². The summed E-state index contributed by atoms with van der Waals surface area (Å²) in [5, 5.41) is 4.83. The minimum atomic E-state index is 0.806. The number of para-hydroxylation sites is 6. The fourth-order valence-electron chi connectivity index (χ4n) is 6.98. The van der Waals surface area contributed by atoms with Crippen LogP contribution < -0.4 is 0 Å². The van der Waals surface area contributed by atoms with Crippen LogP contribution in [0.4, 0.5) is 0 Å². The molecule has 0 aliphatic carbocycles. The fraction of sp³-hybridized carbons (Fsp3) is 0. The first kappa shape index (κ1) is 25.0. The summed E-state index contributed by atoms with van der Waals surface area (Å²) >= 11 is 0. The Morgan fingerprint density at radius 3 is 1.59 bits per heavy atom. The third-order valence-electron chi connectivity index (χ3n) is 9.01. The summed E-state index contributed by atoms with van der Waals surface area (Å²) in [5.74, 6) is 0.806. The molecule has 0 saturated heterocycles. The SMILES string of the molecule is c1ccc2nc(-c3ccc(-n4c5ccccc5c5c6c7ccccc7n(-c7cnc8ccccc8n7)c6ccc54)cc3)cnc2c1. The van der Waals surface area contributed by atoms with Crippen molar-refractivity contribution in [3.8, 4) is 22.8 Å². The summed E-state index contributed by atoms with van der Waals surface area (Å²) in [6.07, 6.45) is 3.73. The van der Waals surface area contributed by atoms with Crippen LogP contribution in [0.3, 0.4) is 0 Å². The largest absolute Gasteiger partial charge is 0.309 e. The number of aromatic nitrogens is 6. The molecule has 0 atom stereocenters. The first-order valence-electron chi connectivity index (χ1n) is 15.3. The van der Waals surface area contributed by atoms with Gasteiger partial charge in [-0.3, -0.25) is 14.5 Å². The van der Waals surface area contributed by atoms with Gasteiger partial charge in [0, 0.05) is 32.8 Å². The second-order valence-electron chi connectivity index (χ2n) is 11.6. The maximum atomic E-state index is 5.05. The Morgan fingerprint density at radius 1 is 0.391 bits per heavy atom. The summed E-state index contributed by atoms with van der Waals surface area (Å²) in [7, 11) is 0. The zero-order valence-electron chi connectivity index (χ0n) is 24.5. The van der Waals surface area contributed by atoms with Crippen LogP contribution in [0, 0.1) is 0 Å². The fourth-order valence-corrected chi connectivity index (χ4v) is 6.98. The van der Waals surface area contributed by atoms with Gasteiger partial charge in [0.25, 0.3) is 0 Å². The van der Waals surface area contributed by atoms with Gasteiger partial charge in [0.1, 0.15) is 0 Å². The number of hydrogen-bond acceptors (Lipinski definition) is 4. The van der Waals surface area contributed by atoms with E-state index in [2.05, 4.69) is 99.0 Å². The molecule has 6 heteroatoms. The van der Waals surface area contributed by atoms with E-state index in [0.717, 1.165) is 66.9 Å². The predicted molar refractivity (Wildman–Crippen MR) is 187 cm³/mol. The van der Waals surface area contributed by atoms with Crippen LogP contribution in [0.5, 0.6) is 0 Å². The monoisotopic (exact) mass is 588 g/mol. The average molecular weight is 589 g/mol. The van der Waals surface area contributed by atoms with Crippen molar-refractivity contribution in [2.45, 2.75) is 0 Å². The molecule has 10 aromatic rings. The minimum Gasteiger partial charge on any atom is -0.309 e. The summed E-state index contributed by atoms with van der Waals surface area (Å²) in [6.45, 7) is 0. The van der Waals surface area contributed by atoms with Crippen molar-refractivity contribution >= 4 is 65.7 Å². The van der Waals surface area contributed by atoms with Crippen LogP contribution in [0.25, 0.3) is 88.4 Å². The molecule has 0 fully saturated rings. The van der Waals surface area contributed by atoms with Crippen molar-refractivity contribution in [3.05, 3.63) is 146 Å². The van der Waals surface area contributed by atoms with Crippen molar-refractivity contribution in [3.63, 3.8) is 0 Å². The Hall–Kier alpha value is -6.40. The Morgan fingerprint density at radius 2 is 0.913 bits per heavy atom. The zero-order valence-corrected chi connectivity index (χ0v) is 24.5. The third kappa shape index (κ3) is 3.58. The Kier molecular flexibility index (Phi) is 5.19. The van der Waals surface area contributed by atoms with Gasteiger partial charge in [-0.25, -0.2) is 9.97 Å². The van der Waals surface area contributed by atoms with Gasteiger partial charge in [0.05, 0.1) is 62.2 Å². The zero-order chi connectivity index (χ0) is 30.2. The quantitative estimate of drug-likeness (QED) is 0.206. The summed E-state index contributed by atoms with van der Waals surface area (Å²) in [5.41, 5.74) is 11.1. The van der Waals surface area contributed by atoms with E-state index in [4.69, 9.17) is 15.0 Å². The van der Waals surface area contributed by atoms with E-state index in [9.17, 15) is 0 Å². The lowest BCUT2D eigenvalue weighted by Gasteiger charge is -2.10. The number of fused-ring (bicyclic) bond motifs is 9. The minimum absolute atomic E-state index is 0.806. The van der Waals surface area contributed by atoms with Gasteiger partial charge in [-0.1, -0.05) is 72.8 Å². The normalized spacial score (nSPS) is 11.9. The highest BCUT2D eigenvalue weighted by molar-refractivity contribution is 6.28. The molecule has 0 saturated carbocycles. The molecular weight excluding hydrogens is 564 g/mol. The van der Waals surface area contributed by atoms with Crippen molar-refractivity contribution in [1.29, 1.82) is 0 Å². The number of benzene rings is 6. The van der Waals surface area contributed by atoms with Crippen molar-refractivity contribution < 1.29 is 0 Å². The van der Waals surface area contributed by atoms with Gasteiger partial charge in [0.2, 0.25) is 0 Å². The van der Waals surface area contributed by atoms with E-state index < -0.39 is 0 Å². The number of hydrogen-bond donors (Lipinski definition) is 0. The van der Waals surface area contributed by atoms with E-state index in [0.29, 0.717) is 0 Å². The molecule has 4 aromatic heterocycles. The lowest BCUT2D eigenvalue weighted by atomic mass is 10.1. The molecule has 214 valence electrons. The summed E-state index contributed by atoms with van der Waals surface area (Å²) < 4.78 is 4.61. The van der Waals surface area contributed by atoms with Crippen LogP contribution in [0.2, 0.25) is 0 Å².